The van der Waals surface area contributed by atoms with Crippen LogP contribution in [-0.4, -0.2) is 23.0 Å². The SMILES string of the molecule is COC(=O)c1cnc(C)nc1CC(C)C. The second kappa shape index (κ2) is 4.87. The molecule has 82 valence electrons. The van der Waals surface area contributed by atoms with Crippen molar-refractivity contribution in [2.24, 2.45) is 5.92 Å². The molecule has 0 N–H and O–H groups in total. The molecule has 0 saturated carbocycles. The van der Waals surface area contributed by atoms with Crippen molar-refractivity contribution in [1.29, 1.82) is 0 Å². The number of methoxy groups -OCH3 is 1. The van der Waals surface area contributed by atoms with E-state index in [0.717, 1.165) is 12.1 Å². The summed E-state index contributed by atoms with van der Waals surface area (Å²) in [5.74, 6) is 0.756. The van der Waals surface area contributed by atoms with Gasteiger partial charge in [0, 0.05) is 6.20 Å². The number of esters is 1. The lowest BCUT2D eigenvalue weighted by molar-refractivity contribution is 0.0598. The van der Waals surface area contributed by atoms with Crippen LogP contribution in [-0.2, 0) is 11.2 Å². The molecule has 0 radical (unpaired) electrons. The van der Waals surface area contributed by atoms with Crippen LogP contribution < -0.4 is 0 Å². The topological polar surface area (TPSA) is 52.1 Å². The van der Waals surface area contributed by atoms with Gasteiger partial charge in [0.25, 0.3) is 0 Å². The Morgan fingerprint density at radius 1 is 1.53 bits per heavy atom. The van der Waals surface area contributed by atoms with Gasteiger partial charge in [-0.2, -0.15) is 0 Å². The number of nitrogens with zero attached hydrogens (tertiary/aromatic N) is 2. The highest BCUT2D eigenvalue weighted by Gasteiger charge is 2.14. The van der Waals surface area contributed by atoms with Gasteiger partial charge < -0.3 is 4.74 Å². The van der Waals surface area contributed by atoms with E-state index < -0.39 is 0 Å². The Morgan fingerprint density at radius 3 is 2.73 bits per heavy atom. The van der Waals surface area contributed by atoms with Gasteiger partial charge in [-0.1, -0.05) is 13.8 Å². The highest BCUT2D eigenvalue weighted by atomic mass is 16.5. The molecule has 0 amide bonds. The molecule has 4 nitrogen and oxygen atoms in total. The van der Waals surface area contributed by atoms with Gasteiger partial charge in [0.1, 0.15) is 5.82 Å². The molecule has 0 aliphatic rings. The molecule has 1 rings (SSSR count). The Bertz CT molecular complexity index is 362. The molecule has 0 atom stereocenters. The van der Waals surface area contributed by atoms with Crippen LogP contribution in [0.1, 0.15) is 35.7 Å². The number of rotatable bonds is 3. The Labute approximate surface area is 89.7 Å². The Hall–Kier alpha value is -1.45. The summed E-state index contributed by atoms with van der Waals surface area (Å²) in [6.45, 7) is 5.97. The minimum Gasteiger partial charge on any atom is -0.465 e. The highest BCUT2D eigenvalue weighted by Crippen LogP contribution is 2.12. The van der Waals surface area contributed by atoms with E-state index in [1.54, 1.807) is 0 Å². The molecule has 1 aromatic rings. The molecule has 0 aliphatic carbocycles. The van der Waals surface area contributed by atoms with E-state index in [1.807, 2.05) is 6.92 Å². The van der Waals surface area contributed by atoms with Gasteiger partial charge in [-0.25, -0.2) is 14.8 Å². The second-order valence-corrected chi connectivity index (χ2v) is 3.87. The third-order valence-corrected chi connectivity index (χ3v) is 2.00. The van der Waals surface area contributed by atoms with E-state index in [0.29, 0.717) is 17.3 Å². The average molecular weight is 208 g/mol. The molecule has 1 aromatic heterocycles. The molecule has 0 bridgehead atoms. The van der Waals surface area contributed by atoms with Crippen LogP contribution >= 0.6 is 0 Å². The first-order valence-electron chi connectivity index (χ1n) is 4.95. The maximum atomic E-state index is 11.4. The monoisotopic (exact) mass is 208 g/mol. The number of aromatic nitrogens is 2. The fraction of sp³-hybridized carbons (Fsp3) is 0.545. The van der Waals surface area contributed by atoms with Crippen molar-refractivity contribution in [3.8, 4) is 0 Å². The van der Waals surface area contributed by atoms with E-state index in [4.69, 9.17) is 0 Å². The zero-order chi connectivity index (χ0) is 11.4. The fourth-order valence-corrected chi connectivity index (χ4v) is 1.34. The summed E-state index contributed by atoms with van der Waals surface area (Å²) in [4.78, 5) is 19.7. The molecular formula is C11H16N2O2. The van der Waals surface area contributed by atoms with Gasteiger partial charge in [-0.15, -0.1) is 0 Å². The number of carbonyl (C=O) groups is 1. The third-order valence-electron chi connectivity index (χ3n) is 2.00. The summed E-state index contributed by atoms with van der Waals surface area (Å²) in [6, 6.07) is 0. The summed E-state index contributed by atoms with van der Waals surface area (Å²) in [5.41, 5.74) is 1.24. The predicted octanol–water partition coefficient (Wildman–Crippen LogP) is 1.77. The van der Waals surface area contributed by atoms with E-state index in [1.165, 1.54) is 13.3 Å². The maximum absolute atomic E-state index is 11.4. The van der Waals surface area contributed by atoms with Crippen molar-refractivity contribution < 1.29 is 9.53 Å². The van der Waals surface area contributed by atoms with E-state index >= 15 is 0 Å². The average Bonchev–Trinajstić information content (AvgIpc) is 2.16. The molecule has 0 aromatic carbocycles. The zero-order valence-electron chi connectivity index (χ0n) is 9.57. The van der Waals surface area contributed by atoms with Crippen LogP contribution in [0.3, 0.4) is 0 Å². The molecule has 0 spiro atoms. The van der Waals surface area contributed by atoms with Crippen LogP contribution in [0, 0.1) is 12.8 Å². The van der Waals surface area contributed by atoms with Gasteiger partial charge in [0.05, 0.1) is 18.4 Å². The normalized spacial score (nSPS) is 10.5. The highest BCUT2D eigenvalue weighted by molar-refractivity contribution is 5.90. The van der Waals surface area contributed by atoms with Gasteiger partial charge >= 0.3 is 5.97 Å². The summed E-state index contributed by atoms with van der Waals surface area (Å²) in [5, 5.41) is 0. The number of aryl methyl sites for hydroxylation is 1. The molecular weight excluding hydrogens is 192 g/mol. The first-order valence-corrected chi connectivity index (χ1v) is 4.95. The van der Waals surface area contributed by atoms with Crippen molar-refractivity contribution in [2.75, 3.05) is 7.11 Å². The first kappa shape index (κ1) is 11.6. The largest absolute Gasteiger partial charge is 0.465 e. The van der Waals surface area contributed by atoms with E-state index in [-0.39, 0.29) is 5.97 Å². The second-order valence-electron chi connectivity index (χ2n) is 3.87. The molecule has 15 heavy (non-hydrogen) atoms. The van der Waals surface area contributed by atoms with Crippen molar-refractivity contribution >= 4 is 5.97 Å². The smallest absolute Gasteiger partial charge is 0.341 e. The lowest BCUT2D eigenvalue weighted by Crippen LogP contribution is -2.11. The summed E-state index contributed by atoms with van der Waals surface area (Å²) < 4.78 is 4.68. The Kier molecular flexibility index (Phi) is 3.77. The zero-order valence-corrected chi connectivity index (χ0v) is 9.57. The van der Waals surface area contributed by atoms with Gasteiger partial charge in [-0.05, 0) is 19.3 Å². The summed E-state index contributed by atoms with van der Waals surface area (Å²) >= 11 is 0. The first-order chi connectivity index (χ1) is 7.04. The maximum Gasteiger partial charge on any atom is 0.341 e. The van der Waals surface area contributed by atoms with Gasteiger partial charge in [0.15, 0.2) is 0 Å². The molecule has 4 heteroatoms. The number of carbonyl (C=O) groups excluding carboxylic acids is 1. The number of hydrogen-bond donors (Lipinski definition) is 0. The predicted molar refractivity (Wildman–Crippen MR) is 56.7 cm³/mol. The molecule has 1 heterocycles. The van der Waals surface area contributed by atoms with E-state index in [9.17, 15) is 4.79 Å². The Balaban J connectivity index is 3.08. The molecule has 0 aliphatic heterocycles. The van der Waals surface area contributed by atoms with Crippen molar-refractivity contribution in [2.45, 2.75) is 27.2 Å². The fourth-order valence-electron chi connectivity index (χ4n) is 1.34. The lowest BCUT2D eigenvalue weighted by Gasteiger charge is -2.09. The quantitative estimate of drug-likeness (QED) is 0.710. The Morgan fingerprint density at radius 2 is 2.20 bits per heavy atom. The lowest BCUT2D eigenvalue weighted by atomic mass is 10.0. The van der Waals surface area contributed by atoms with Crippen LogP contribution in [0.5, 0.6) is 0 Å². The van der Waals surface area contributed by atoms with Crippen LogP contribution in [0.25, 0.3) is 0 Å². The minimum absolute atomic E-state index is 0.370. The molecule has 0 saturated heterocycles. The van der Waals surface area contributed by atoms with Gasteiger partial charge in [-0.3, -0.25) is 0 Å². The van der Waals surface area contributed by atoms with Gasteiger partial charge in [0.2, 0.25) is 0 Å². The van der Waals surface area contributed by atoms with Crippen LogP contribution in [0.4, 0.5) is 0 Å². The summed E-state index contributed by atoms with van der Waals surface area (Å²) in [7, 11) is 1.36. The number of ether oxygens (including phenoxy) is 1. The standard InChI is InChI=1S/C11H16N2O2/c1-7(2)5-10-9(11(14)15-4)6-12-8(3)13-10/h6-7H,5H2,1-4H3. The molecule has 0 unspecified atom stereocenters. The van der Waals surface area contributed by atoms with Crippen LogP contribution in [0.2, 0.25) is 0 Å². The van der Waals surface area contributed by atoms with Crippen molar-refractivity contribution in [1.82, 2.24) is 9.97 Å². The third kappa shape index (κ3) is 3.01. The molecule has 0 fully saturated rings. The van der Waals surface area contributed by atoms with Crippen molar-refractivity contribution in [3.05, 3.63) is 23.3 Å². The number of hydrogen-bond acceptors (Lipinski definition) is 4. The van der Waals surface area contributed by atoms with E-state index in [2.05, 4.69) is 28.6 Å². The van der Waals surface area contributed by atoms with Crippen molar-refractivity contribution in [3.63, 3.8) is 0 Å². The van der Waals surface area contributed by atoms with Crippen LogP contribution in [0.15, 0.2) is 6.20 Å². The minimum atomic E-state index is -0.370. The summed E-state index contributed by atoms with van der Waals surface area (Å²) in [6.07, 6.45) is 2.29.